The molecule has 7 heteroatoms. The van der Waals surface area contributed by atoms with Crippen molar-refractivity contribution < 1.29 is 9.90 Å². The van der Waals surface area contributed by atoms with Gasteiger partial charge in [-0.1, -0.05) is 18.2 Å². The van der Waals surface area contributed by atoms with E-state index < -0.39 is 5.54 Å². The molecular formula is C18H23ClN4O2. The van der Waals surface area contributed by atoms with Crippen molar-refractivity contribution in [1.82, 2.24) is 15.2 Å². The largest absolute Gasteiger partial charge is 0.395 e. The maximum atomic E-state index is 12.6. The number of aliphatic hydroxyl groups is 1. The van der Waals surface area contributed by atoms with Crippen LogP contribution < -0.4 is 11.1 Å². The molecule has 1 aliphatic rings. The van der Waals surface area contributed by atoms with Crippen molar-refractivity contribution in [2.75, 3.05) is 32.8 Å². The van der Waals surface area contributed by atoms with E-state index >= 15 is 0 Å². The molecule has 0 aliphatic carbocycles. The van der Waals surface area contributed by atoms with E-state index in [2.05, 4.69) is 15.2 Å². The minimum Gasteiger partial charge on any atom is -0.395 e. The zero-order valence-electron chi connectivity index (χ0n) is 14.0. The topological polar surface area (TPSA) is 91.5 Å². The van der Waals surface area contributed by atoms with Gasteiger partial charge in [-0.25, -0.2) is 0 Å². The number of nitrogens with one attached hydrogen (secondary N) is 1. The summed E-state index contributed by atoms with van der Waals surface area (Å²) in [5.41, 5.74) is 6.99. The number of nitrogens with two attached hydrogens (primary N) is 1. The number of rotatable bonds is 5. The number of hydrogen-bond donors (Lipinski definition) is 3. The Hall–Kier alpha value is -1.73. The van der Waals surface area contributed by atoms with Crippen molar-refractivity contribution in [3.05, 3.63) is 42.1 Å². The predicted molar refractivity (Wildman–Crippen MR) is 98.8 cm³/mol. The average molecular weight is 363 g/mol. The summed E-state index contributed by atoms with van der Waals surface area (Å²) in [5.74, 6) is -0.198. The molecule has 2 heterocycles. The normalized spacial score (nSPS) is 24.4. The van der Waals surface area contributed by atoms with Crippen LogP contribution in [0.15, 0.2) is 36.5 Å². The number of β-amino-alcohol motifs (C(OH)–C–C–N with tert-alkyl or cyclic N) is 1. The van der Waals surface area contributed by atoms with Crippen molar-refractivity contribution in [2.45, 2.75) is 17.3 Å². The third-order valence-electron chi connectivity index (χ3n) is 4.81. The van der Waals surface area contributed by atoms with Crippen LogP contribution in [0.2, 0.25) is 0 Å². The Morgan fingerprint density at radius 1 is 1.44 bits per heavy atom. The van der Waals surface area contributed by atoms with Gasteiger partial charge in [-0.2, -0.15) is 0 Å². The summed E-state index contributed by atoms with van der Waals surface area (Å²) in [7, 11) is 0. The number of piperidine rings is 1. The van der Waals surface area contributed by atoms with E-state index in [1.165, 1.54) is 0 Å². The first-order valence-electron chi connectivity index (χ1n) is 8.41. The Labute approximate surface area is 152 Å². The monoisotopic (exact) mass is 362 g/mol. The van der Waals surface area contributed by atoms with Crippen LogP contribution in [-0.2, 0) is 0 Å². The van der Waals surface area contributed by atoms with E-state index in [0.29, 0.717) is 37.1 Å². The van der Waals surface area contributed by atoms with Crippen molar-refractivity contribution in [3.8, 4) is 0 Å². The Morgan fingerprint density at radius 3 is 3.00 bits per heavy atom. The van der Waals surface area contributed by atoms with Gasteiger partial charge >= 0.3 is 0 Å². The molecule has 1 aromatic heterocycles. The number of para-hydroxylation sites is 1. The lowest BCUT2D eigenvalue weighted by atomic mass is 9.88. The van der Waals surface area contributed by atoms with Gasteiger partial charge in [-0.15, -0.1) is 11.6 Å². The van der Waals surface area contributed by atoms with Gasteiger partial charge in [-0.05, 0) is 18.6 Å². The number of carbonyl (C=O) groups excluding carboxylic acids is 1. The number of halogens is 1. The molecule has 0 saturated carbocycles. The van der Waals surface area contributed by atoms with Crippen LogP contribution in [0, 0.1) is 0 Å². The smallest absolute Gasteiger partial charge is 0.253 e. The van der Waals surface area contributed by atoms with Gasteiger partial charge in [0.25, 0.3) is 5.91 Å². The number of benzene rings is 1. The highest BCUT2D eigenvalue weighted by atomic mass is 35.5. The maximum Gasteiger partial charge on any atom is 0.253 e. The number of likely N-dealkylation sites (tertiary alicyclic amines) is 1. The molecule has 0 spiro atoms. The number of fused-ring (bicyclic) bond motifs is 1. The van der Waals surface area contributed by atoms with E-state index in [9.17, 15) is 4.79 Å². The van der Waals surface area contributed by atoms with Gasteiger partial charge in [-0.3, -0.25) is 14.7 Å². The van der Waals surface area contributed by atoms with Crippen LogP contribution in [-0.4, -0.2) is 64.6 Å². The molecule has 1 aliphatic heterocycles. The highest BCUT2D eigenvalue weighted by Gasteiger charge is 2.39. The van der Waals surface area contributed by atoms with Crippen LogP contribution in [0.5, 0.6) is 0 Å². The first kappa shape index (κ1) is 18.1. The number of alkyl halides is 1. The lowest BCUT2D eigenvalue weighted by molar-refractivity contribution is 0.0922. The molecule has 0 radical (unpaired) electrons. The van der Waals surface area contributed by atoms with E-state index in [-0.39, 0.29) is 17.9 Å². The average Bonchev–Trinajstić information content (AvgIpc) is 2.63. The molecule has 1 fully saturated rings. The van der Waals surface area contributed by atoms with Crippen molar-refractivity contribution in [3.63, 3.8) is 0 Å². The summed E-state index contributed by atoms with van der Waals surface area (Å²) in [5, 5.41) is 12.6. The fourth-order valence-electron chi connectivity index (χ4n) is 3.19. The van der Waals surface area contributed by atoms with Crippen LogP contribution in [0.25, 0.3) is 10.9 Å². The van der Waals surface area contributed by atoms with Crippen molar-refractivity contribution in [1.29, 1.82) is 0 Å². The second kappa shape index (κ2) is 7.66. The summed E-state index contributed by atoms with van der Waals surface area (Å²) in [6.07, 6.45) is 2.34. The molecule has 1 aromatic carbocycles. The van der Waals surface area contributed by atoms with E-state index in [1.54, 1.807) is 12.3 Å². The van der Waals surface area contributed by atoms with Crippen LogP contribution in [0.1, 0.15) is 16.8 Å². The molecule has 134 valence electrons. The molecule has 3 rings (SSSR count). The molecule has 6 nitrogen and oxygen atoms in total. The highest BCUT2D eigenvalue weighted by Crippen LogP contribution is 2.24. The second-order valence-corrected chi connectivity index (χ2v) is 7.07. The van der Waals surface area contributed by atoms with Crippen molar-refractivity contribution >= 4 is 28.4 Å². The van der Waals surface area contributed by atoms with Gasteiger partial charge in [0.1, 0.15) is 0 Å². The number of aliphatic hydroxyl groups excluding tert-OH is 1. The third-order valence-corrected chi connectivity index (χ3v) is 5.38. The first-order valence-corrected chi connectivity index (χ1v) is 8.85. The predicted octanol–water partition coefficient (Wildman–Crippen LogP) is 0.967. The maximum absolute atomic E-state index is 12.6. The SMILES string of the molecule is NC1(CNC(=O)c2cccc3cccnc23)CCN(CCO)CC1Cl. The van der Waals surface area contributed by atoms with E-state index in [4.69, 9.17) is 22.4 Å². The lowest BCUT2D eigenvalue weighted by Gasteiger charge is -2.42. The quantitative estimate of drug-likeness (QED) is 0.689. The van der Waals surface area contributed by atoms with Crippen molar-refractivity contribution in [2.24, 2.45) is 5.73 Å². The number of hydrogen-bond acceptors (Lipinski definition) is 5. The number of aromatic nitrogens is 1. The van der Waals surface area contributed by atoms with Gasteiger partial charge in [0.2, 0.25) is 0 Å². The Kier molecular flexibility index (Phi) is 5.54. The van der Waals surface area contributed by atoms with Gasteiger partial charge in [0, 0.05) is 37.8 Å². The van der Waals surface area contributed by atoms with E-state index in [1.807, 2.05) is 24.3 Å². The zero-order valence-corrected chi connectivity index (χ0v) is 14.7. The number of pyridine rings is 1. The second-order valence-electron chi connectivity index (χ2n) is 6.54. The fourth-order valence-corrected chi connectivity index (χ4v) is 3.58. The molecule has 4 N–H and O–H groups in total. The standard InChI is InChI=1S/C18H23ClN4O2/c19-15-11-23(9-10-24)8-6-18(15,20)12-22-17(25)14-5-1-3-13-4-2-7-21-16(13)14/h1-5,7,15,24H,6,8-12,20H2,(H,22,25). The van der Waals surface area contributed by atoms with Gasteiger partial charge in [0.15, 0.2) is 0 Å². The summed E-state index contributed by atoms with van der Waals surface area (Å²) < 4.78 is 0. The first-order chi connectivity index (χ1) is 12.0. The Bertz CT molecular complexity index is 751. The summed E-state index contributed by atoms with van der Waals surface area (Å²) >= 11 is 6.47. The van der Waals surface area contributed by atoms with E-state index in [0.717, 1.165) is 11.9 Å². The van der Waals surface area contributed by atoms with Crippen LogP contribution >= 0.6 is 11.6 Å². The Morgan fingerprint density at radius 2 is 2.24 bits per heavy atom. The fraction of sp³-hybridized carbons (Fsp3) is 0.444. The highest BCUT2D eigenvalue weighted by molar-refractivity contribution is 6.21. The molecular weight excluding hydrogens is 340 g/mol. The minimum atomic E-state index is -0.665. The molecule has 1 saturated heterocycles. The van der Waals surface area contributed by atoms with Crippen LogP contribution in [0.4, 0.5) is 0 Å². The number of amides is 1. The number of nitrogens with zero attached hydrogens (tertiary/aromatic N) is 2. The third kappa shape index (κ3) is 3.93. The van der Waals surface area contributed by atoms with Gasteiger partial charge < -0.3 is 16.2 Å². The number of carbonyl (C=O) groups is 1. The molecule has 2 aromatic rings. The minimum absolute atomic E-state index is 0.103. The summed E-state index contributed by atoms with van der Waals surface area (Å²) in [6.45, 7) is 2.35. The molecule has 2 atom stereocenters. The zero-order chi connectivity index (χ0) is 17.9. The molecule has 1 amide bonds. The Balaban J connectivity index is 1.67. The molecule has 25 heavy (non-hydrogen) atoms. The summed E-state index contributed by atoms with van der Waals surface area (Å²) in [4.78, 5) is 19.0. The van der Waals surface area contributed by atoms with Crippen LogP contribution in [0.3, 0.4) is 0 Å². The molecule has 0 bridgehead atoms. The molecule has 2 unspecified atom stereocenters. The lowest BCUT2D eigenvalue weighted by Crippen LogP contribution is -2.63. The van der Waals surface area contributed by atoms with Gasteiger partial charge in [0.05, 0.1) is 28.6 Å². The summed E-state index contributed by atoms with van der Waals surface area (Å²) in [6, 6.07) is 9.30.